The van der Waals surface area contributed by atoms with E-state index < -0.39 is 11.9 Å². The van der Waals surface area contributed by atoms with Gasteiger partial charge in [0.25, 0.3) is 0 Å². The van der Waals surface area contributed by atoms with E-state index in [9.17, 15) is 9.90 Å². The number of thioether (sulfide) groups is 1. The van der Waals surface area contributed by atoms with Crippen LogP contribution < -0.4 is 10.9 Å². The van der Waals surface area contributed by atoms with Crippen LogP contribution in [0, 0.1) is 5.92 Å². The maximum absolute atomic E-state index is 11.2. The van der Waals surface area contributed by atoms with E-state index >= 15 is 0 Å². The Hall–Kier alpha value is -1.04. The van der Waals surface area contributed by atoms with Crippen molar-refractivity contribution in [1.29, 1.82) is 0 Å². The van der Waals surface area contributed by atoms with Gasteiger partial charge in [0.05, 0.1) is 12.0 Å². The molecule has 0 bridgehead atoms. The first kappa shape index (κ1) is 12.4. The predicted molar refractivity (Wildman–Crippen MR) is 67.8 cm³/mol. The zero-order valence-electron chi connectivity index (χ0n) is 9.81. The molecule has 3 unspecified atom stereocenters. The fourth-order valence-corrected chi connectivity index (χ4v) is 2.56. The monoisotopic (exact) mass is 252 g/mol. The molecule has 5 heteroatoms. The molecule has 1 heterocycles. The van der Waals surface area contributed by atoms with Crippen LogP contribution in [-0.4, -0.2) is 23.4 Å². The number of benzene rings is 1. The highest BCUT2D eigenvalue weighted by Crippen LogP contribution is 2.29. The van der Waals surface area contributed by atoms with Gasteiger partial charge in [0.15, 0.2) is 0 Å². The van der Waals surface area contributed by atoms with E-state index in [1.165, 1.54) is 4.90 Å². The Bertz CT molecular complexity index is 407. The van der Waals surface area contributed by atoms with Gasteiger partial charge in [0, 0.05) is 10.9 Å². The van der Waals surface area contributed by atoms with Crippen LogP contribution in [0.1, 0.15) is 18.5 Å². The van der Waals surface area contributed by atoms with Gasteiger partial charge in [0.1, 0.15) is 0 Å². The number of hydrazine groups is 1. The Morgan fingerprint density at radius 1 is 1.29 bits per heavy atom. The van der Waals surface area contributed by atoms with E-state index in [4.69, 9.17) is 0 Å². The minimum atomic E-state index is -0.769. The van der Waals surface area contributed by atoms with Crippen molar-refractivity contribution in [1.82, 2.24) is 10.9 Å². The number of carboxylic acid groups (broad SMARTS) is 1. The van der Waals surface area contributed by atoms with Crippen molar-refractivity contribution < 1.29 is 9.90 Å². The Morgan fingerprint density at radius 3 is 2.47 bits per heavy atom. The minimum Gasteiger partial charge on any atom is -0.481 e. The second-order valence-electron chi connectivity index (χ2n) is 4.19. The molecule has 1 aromatic carbocycles. The third-order valence-electron chi connectivity index (χ3n) is 3.12. The normalized spacial score (nSPS) is 28.2. The molecule has 0 radical (unpaired) electrons. The van der Waals surface area contributed by atoms with Crippen molar-refractivity contribution in [3.8, 4) is 0 Å². The van der Waals surface area contributed by atoms with Crippen LogP contribution in [0.25, 0.3) is 0 Å². The second-order valence-corrected chi connectivity index (χ2v) is 5.07. The highest BCUT2D eigenvalue weighted by Gasteiger charge is 2.39. The van der Waals surface area contributed by atoms with Crippen LogP contribution in [0.3, 0.4) is 0 Å². The lowest BCUT2D eigenvalue weighted by atomic mass is 9.90. The van der Waals surface area contributed by atoms with Crippen molar-refractivity contribution in [3.63, 3.8) is 0 Å². The maximum atomic E-state index is 11.2. The van der Waals surface area contributed by atoms with Crippen LogP contribution in [-0.2, 0) is 4.79 Å². The van der Waals surface area contributed by atoms with Crippen LogP contribution in [0.4, 0.5) is 0 Å². The first-order valence-electron chi connectivity index (χ1n) is 5.51. The molecule has 2 rings (SSSR count). The summed E-state index contributed by atoms with van der Waals surface area (Å²) in [5.74, 6) is -1.20. The molecule has 0 aromatic heterocycles. The molecule has 1 aliphatic rings. The molecule has 0 saturated carbocycles. The van der Waals surface area contributed by atoms with Crippen molar-refractivity contribution in [3.05, 3.63) is 29.8 Å². The summed E-state index contributed by atoms with van der Waals surface area (Å²) in [4.78, 5) is 12.4. The maximum Gasteiger partial charge on any atom is 0.310 e. The summed E-state index contributed by atoms with van der Waals surface area (Å²) in [6.45, 7) is 1.88. The van der Waals surface area contributed by atoms with E-state index in [1.54, 1.807) is 11.8 Å². The van der Waals surface area contributed by atoms with Gasteiger partial charge < -0.3 is 5.11 Å². The first-order valence-corrected chi connectivity index (χ1v) is 6.73. The second kappa shape index (κ2) is 5.08. The highest BCUT2D eigenvalue weighted by molar-refractivity contribution is 7.98. The molecule has 3 atom stereocenters. The Morgan fingerprint density at radius 2 is 1.94 bits per heavy atom. The molecule has 3 N–H and O–H groups in total. The molecule has 0 spiro atoms. The summed E-state index contributed by atoms with van der Waals surface area (Å²) < 4.78 is 0. The highest BCUT2D eigenvalue weighted by atomic mass is 32.2. The summed E-state index contributed by atoms with van der Waals surface area (Å²) in [6.07, 6.45) is 2.02. The molecule has 17 heavy (non-hydrogen) atoms. The largest absolute Gasteiger partial charge is 0.481 e. The van der Waals surface area contributed by atoms with Crippen molar-refractivity contribution in [2.75, 3.05) is 6.26 Å². The molecule has 92 valence electrons. The van der Waals surface area contributed by atoms with Crippen LogP contribution in [0.15, 0.2) is 29.2 Å². The Balaban J connectivity index is 2.23. The molecule has 1 fully saturated rings. The SMILES string of the molecule is CSc1ccc(C2NNC(C)C2C(=O)O)cc1. The smallest absolute Gasteiger partial charge is 0.310 e. The number of carbonyl (C=O) groups is 1. The average molecular weight is 252 g/mol. The van der Waals surface area contributed by atoms with E-state index in [0.717, 1.165) is 5.56 Å². The van der Waals surface area contributed by atoms with E-state index in [-0.39, 0.29) is 12.1 Å². The van der Waals surface area contributed by atoms with Gasteiger partial charge in [-0.3, -0.25) is 10.2 Å². The number of rotatable bonds is 3. The number of nitrogens with one attached hydrogen (secondary N) is 2. The van der Waals surface area contributed by atoms with Gasteiger partial charge in [-0.25, -0.2) is 5.43 Å². The van der Waals surface area contributed by atoms with Crippen molar-refractivity contribution >= 4 is 17.7 Å². The Labute approximate surface area is 105 Å². The lowest BCUT2D eigenvalue weighted by Gasteiger charge is -2.17. The van der Waals surface area contributed by atoms with E-state index in [2.05, 4.69) is 10.9 Å². The number of aliphatic carboxylic acids is 1. The van der Waals surface area contributed by atoms with Crippen LogP contribution >= 0.6 is 11.8 Å². The lowest BCUT2D eigenvalue weighted by molar-refractivity contribution is -0.142. The summed E-state index contributed by atoms with van der Waals surface area (Å²) >= 11 is 1.68. The topological polar surface area (TPSA) is 61.4 Å². The lowest BCUT2D eigenvalue weighted by Crippen LogP contribution is -2.30. The summed E-state index contributed by atoms with van der Waals surface area (Å²) in [5.41, 5.74) is 7.05. The molecule has 1 aromatic rings. The number of hydrogen-bond donors (Lipinski definition) is 3. The summed E-state index contributed by atoms with van der Waals surface area (Å²) in [5, 5.41) is 9.23. The van der Waals surface area contributed by atoms with Gasteiger partial charge in [-0.2, -0.15) is 0 Å². The summed E-state index contributed by atoms with van der Waals surface area (Å²) in [7, 11) is 0. The zero-order valence-corrected chi connectivity index (χ0v) is 10.6. The zero-order chi connectivity index (χ0) is 12.4. The van der Waals surface area contributed by atoms with Crippen LogP contribution in [0.5, 0.6) is 0 Å². The molecular weight excluding hydrogens is 236 g/mol. The summed E-state index contributed by atoms with van der Waals surface area (Å²) in [6, 6.07) is 7.77. The molecular formula is C12H16N2O2S. The third kappa shape index (κ3) is 2.46. The van der Waals surface area contributed by atoms with Crippen molar-refractivity contribution in [2.45, 2.75) is 23.9 Å². The van der Waals surface area contributed by atoms with E-state index in [1.807, 2.05) is 37.4 Å². The quantitative estimate of drug-likeness (QED) is 0.714. The van der Waals surface area contributed by atoms with Gasteiger partial charge in [-0.15, -0.1) is 11.8 Å². The van der Waals surface area contributed by atoms with Gasteiger partial charge in [-0.1, -0.05) is 12.1 Å². The molecule has 1 aliphatic heterocycles. The molecule has 0 aliphatic carbocycles. The predicted octanol–water partition coefficient (Wildman–Crippen LogP) is 1.65. The number of hydrogen-bond acceptors (Lipinski definition) is 4. The minimum absolute atomic E-state index is 0.0715. The van der Waals surface area contributed by atoms with Gasteiger partial charge in [0.2, 0.25) is 0 Å². The first-order chi connectivity index (χ1) is 8.13. The van der Waals surface area contributed by atoms with Crippen molar-refractivity contribution in [2.24, 2.45) is 5.92 Å². The molecule has 4 nitrogen and oxygen atoms in total. The number of carboxylic acids is 1. The third-order valence-corrected chi connectivity index (χ3v) is 3.87. The van der Waals surface area contributed by atoms with Gasteiger partial charge in [-0.05, 0) is 30.9 Å². The standard InChI is InChI=1S/C12H16N2O2S/c1-7-10(12(15)16)11(14-13-7)8-3-5-9(17-2)6-4-8/h3-7,10-11,13-14H,1-2H3,(H,15,16). The van der Waals surface area contributed by atoms with Gasteiger partial charge >= 0.3 is 5.97 Å². The molecule has 1 saturated heterocycles. The average Bonchev–Trinajstić information content (AvgIpc) is 2.71. The Kier molecular flexibility index (Phi) is 3.71. The molecule has 0 amide bonds. The fraction of sp³-hybridized carbons (Fsp3) is 0.417. The fourth-order valence-electron chi connectivity index (χ4n) is 2.15. The van der Waals surface area contributed by atoms with E-state index in [0.29, 0.717) is 0 Å². The van der Waals surface area contributed by atoms with Crippen LogP contribution in [0.2, 0.25) is 0 Å².